The summed E-state index contributed by atoms with van der Waals surface area (Å²) in [6.07, 6.45) is 3.79. The molecule has 15 heavy (non-hydrogen) atoms. The molecule has 0 fully saturated rings. The molecular formula is C12H16O2S. The minimum Gasteiger partial charge on any atom is -0.493 e. The molecule has 1 unspecified atom stereocenters. The Hall–Kier alpha value is -0.670. The van der Waals surface area contributed by atoms with E-state index < -0.39 is 0 Å². The van der Waals surface area contributed by atoms with Gasteiger partial charge in [0.15, 0.2) is 0 Å². The van der Waals surface area contributed by atoms with Crippen molar-refractivity contribution in [3.63, 3.8) is 0 Å². The fourth-order valence-corrected chi connectivity index (χ4v) is 2.35. The quantitative estimate of drug-likeness (QED) is 0.855. The number of aliphatic hydroxyl groups is 1. The van der Waals surface area contributed by atoms with Gasteiger partial charge >= 0.3 is 0 Å². The lowest BCUT2D eigenvalue weighted by molar-refractivity contribution is 0.203. The fourth-order valence-electron chi connectivity index (χ4n) is 1.84. The molecule has 0 radical (unpaired) electrons. The van der Waals surface area contributed by atoms with Crippen LogP contribution >= 0.6 is 11.8 Å². The number of fused-ring (bicyclic) bond motifs is 1. The Morgan fingerprint density at radius 2 is 2.40 bits per heavy atom. The van der Waals surface area contributed by atoms with Crippen molar-refractivity contribution in [2.75, 3.05) is 18.6 Å². The highest BCUT2D eigenvalue weighted by Crippen LogP contribution is 2.28. The topological polar surface area (TPSA) is 29.5 Å². The molecule has 1 aromatic rings. The highest BCUT2D eigenvalue weighted by Gasteiger charge is 2.13. The summed E-state index contributed by atoms with van der Waals surface area (Å²) in [6.45, 7) is 0.819. The zero-order valence-corrected chi connectivity index (χ0v) is 9.72. The summed E-state index contributed by atoms with van der Waals surface area (Å²) in [5.41, 5.74) is 2.24. The van der Waals surface area contributed by atoms with Gasteiger partial charge in [0.25, 0.3) is 0 Å². The van der Waals surface area contributed by atoms with Crippen LogP contribution in [0.15, 0.2) is 18.2 Å². The summed E-state index contributed by atoms with van der Waals surface area (Å²) in [4.78, 5) is 0. The predicted octanol–water partition coefficient (Wildman–Crippen LogP) is 2.41. The van der Waals surface area contributed by atoms with Crippen LogP contribution in [0.2, 0.25) is 0 Å². The Morgan fingerprint density at radius 1 is 1.53 bits per heavy atom. The van der Waals surface area contributed by atoms with Crippen LogP contribution in [-0.2, 0) is 6.42 Å². The van der Waals surface area contributed by atoms with Gasteiger partial charge in [0.1, 0.15) is 5.75 Å². The maximum absolute atomic E-state index is 9.86. The van der Waals surface area contributed by atoms with E-state index in [-0.39, 0.29) is 6.10 Å². The molecule has 1 N–H and O–H groups in total. The van der Waals surface area contributed by atoms with Crippen molar-refractivity contribution in [3.05, 3.63) is 29.3 Å². The van der Waals surface area contributed by atoms with Crippen molar-refractivity contribution in [1.29, 1.82) is 0 Å². The Bertz CT molecular complexity index is 338. The van der Waals surface area contributed by atoms with Crippen LogP contribution in [0, 0.1) is 0 Å². The van der Waals surface area contributed by atoms with E-state index in [0.717, 1.165) is 36.5 Å². The molecule has 1 atom stereocenters. The van der Waals surface area contributed by atoms with E-state index >= 15 is 0 Å². The number of hydrogen-bond acceptors (Lipinski definition) is 3. The first-order valence-corrected chi connectivity index (χ1v) is 6.63. The Morgan fingerprint density at radius 3 is 3.20 bits per heavy atom. The Labute approximate surface area is 94.6 Å². The standard InChI is InChI=1S/C12H16O2S/c1-15-8-11(13)9-4-5-12-10(7-9)3-2-6-14-12/h4-5,7,11,13H,2-3,6,8H2,1H3. The third-order valence-corrected chi connectivity index (χ3v) is 3.29. The van der Waals surface area contributed by atoms with E-state index in [1.54, 1.807) is 11.8 Å². The number of hydrogen-bond donors (Lipinski definition) is 1. The molecule has 1 aliphatic heterocycles. The van der Waals surface area contributed by atoms with Gasteiger partial charge in [-0.25, -0.2) is 0 Å². The lowest BCUT2D eigenvalue weighted by Crippen LogP contribution is -2.09. The SMILES string of the molecule is CSCC(O)c1ccc2c(c1)CCCO2. The second-order valence-electron chi connectivity index (χ2n) is 3.79. The molecule has 0 aromatic heterocycles. The highest BCUT2D eigenvalue weighted by molar-refractivity contribution is 7.98. The van der Waals surface area contributed by atoms with Gasteiger partial charge in [-0.05, 0) is 42.4 Å². The summed E-state index contributed by atoms with van der Waals surface area (Å²) >= 11 is 1.66. The first-order valence-electron chi connectivity index (χ1n) is 5.24. The van der Waals surface area contributed by atoms with Gasteiger partial charge in [-0.15, -0.1) is 0 Å². The molecule has 0 bridgehead atoms. The summed E-state index contributed by atoms with van der Waals surface area (Å²) in [5.74, 6) is 1.74. The van der Waals surface area contributed by atoms with E-state index in [9.17, 15) is 5.11 Å². The summed E-state index contributed by atoms with van der Waals surface area (Å²) in [6, 6.07) is 6.02. The smallest absolute Gasteiger partial charge is 0.122 e. The molecule has 0 saturated carbocycles. The normalized spacial score (nSPS) is 16.7. The fraction of sp³-hybridized carbons (Fsp3) is 0.500. The van der Waals surface area contributed by atoms with Gasteiger partial charge in [0.2, 0.25) is 0 Å². The third kappa shape index (κ3) is 2.47. The molecule has 3 heteroatoms. The van der Waals surface area contributed by atoms with Crippen molar-refractivity contribution < 1.29 is 9.84 Å². The van der Waals surface area contributed by atoms with Crippen LogP contribution in [0.4, 0.5) is 0 Å². The van der Waals surface area contributed by atoms with Crippen molar-refractivity contribution in [2.24, 2.45) is 0 Å². The number of thioether (sulfide) groups is 1. The van der Waals surface area contributed by atoms with Crippen LogP contribution < -0.4 is 4.74 Å². The lowest BCUT2D eigenvalue weighted by atomic mass is 10.0. The van der Waals surface area contributed by atoms with Crippen molar-refractivity contribution in [1.82, 2.24) is 0 Å². The van der Waals surface area contributed by atoms with Gasteiger partial charge in [-0.3, -0.25) is 0 Å². The molecule has 0 aliphatic carbocycles. The highest BCUT2D eigenvalue weighted by atomic mass is 32.2. The second kappa shape index (κ2) is 4.90. The summed E-state index contributed by atoms with van der Waals surface area (Å²) < 4.78 is 5.53. The zero-order chi connectivity index (χ0) is 10.7. The van der Waals surface area contributed by atoms with Crippen LogP contribution in [-0.4, -0.2) is 23.7 Å². The van der Waals surface area contributed by atoms with E-state index in [1.165, 1.54) is 5.56 Å². The van der Waals surface area contributed by atoms with Gasteiger partial charge < -0.3 is 9.84 Å². The largest absolute Gasteiger partial charge is 0.493 e. The molecule has 82 valence electrons. The monoisotopic (exact) mass is 224 g/mol. The first kappa shape index (κ1) is 10.8. The lowest BCUT2D eigenvalue weighted by Gasteiger charge is -2.19. The van der Waals surface area contributed by atoms with Gasteiger partial charge in [0.05, 0.1) is 12.7 Å². The molecule has 0 spiro atoms. The van der Waals surface area contributed by atoms with Crippen molar-refractivity contribution in [3.8, 4) is 5.75 Å². The van der Waals surface area contributed by atoms with Gasteiger partial charge in [-0.1, -0.05) is 6.07 Å². The van der Waals surface area contributed by atoms with E-state index in [0.29, 0.717) is 0 Å². The molecular weight excluding hydrogens is 208 g/mol. The predicted molar refractivity (Wildman–Crippen MR) is 63.6 cm³/mol. The molecule has 1 aromatic carbocycles. The van der Waals surface area contributed by atoms with Crippen LogP contribution in [0.5, 0.6) is 5.75 Å². The number of rotatable bonds is 3. The number of ether oxygens (including phenoxy) is 1. The average Bonchev–Trinajstić information content (AvgIpc) is 2.29. The minimum absolute atomic E-state index is 0.354. The molecule has 1 aliphatic rings. The number of aryl methyl sites for hydroxylation is 1. The molecule has 1 heterocycles. The number of benzene rings is 1. The van der Waals surface area contributed by atoms with Crippen LogP contribution in [0.1, 0.15) is 23.7 Å². The van der Waals surface area contributed by atoms with Gasteiger partial charge in [0, 0.05) is 5.75 Å². The third-order valence-electron chi connectivity index (χ3n) is 2.64. The van der Waals surface area contributed by atoms with Crippen LogP contribution in [0.3, 0.4) is 0 Å². The first-order chi connectivity index (χ1) is 7.31. The van der Waals surface area contributed by atoms with E-state index in [2.05, 4.69) is 6.07 Å². The Balaban J connectivity index is 2.20. The van der Waals surface area contributed by atoms with Crippen LogP contribution in [0.25, 0.3) is 0 Å². The second-order valence-corrected chi connectivity index (χ2v) is 4.70. The maximum atomic E-state index is 9.86. The zero-order valence-electron chi connectivity index (χ0n) is 8.90. The maximum Gasteiger partial charge on any atom is 0.122 e. The molecule has 0 saturated heterocycles. The average molecular weight is 224 g/mol. The van der Waals surface area contributed by atoms with E-state index in [1.807, 2.05) is 18.4 Å². The number of aliphatic hydroxyl groups excluding tert-OH is 1. The summed E-state index contributed by atoms with van der Waals surface area (Å²) in [7, 11) is 0. The molecule has 2 rings (SSSR count). The molecule has 0 amide bonds. The Kier molecular flexibility index (Phi) is 3.54. The molecule has 2 nitrogen and oxygen atoms in total. The minimum atomic E-state index is -0.354. The summed E-state index contributed by atoms with van der Waals surface area (Å²) in [5, 5.41) is 9.86. The van der Waals surface area contributed by atoms with Crippen molar-refractivity contribution in [2.45, 2.75) is 18.9 Å². The van der Waals surface area contributed by atoms with Crippen molar-refractivity contribution >= 4 is 11.8 Å². The van der Waals surface area contributed by atoms with E-state index in [4.69, 9.17) is 4.74 Å². The van der Waals surface area contributed by atoms with Gasteiger partial charge in [-0.2, -0.15) is 11.8 Å².